The zero-order valence-corrected chi connectivity index (χ0v) is 11.0. The van der Waals surface area contributed by atoms with Crippen molar-refractivity contribution in [2.24, 2.45) is 0 Å². The summed E-state index contributed by atoms with van der Waals surface area (Å²) >= 11 is 6.10. The van der Waals surface area contributed by atoms with E-state index in [2.05, 4.69) is 0 Å². The Labute approximate surface area is 115 Å². The van der Waals surface area contributed by atoms with Crippen LogP contribution in [0.1, 0.15) is 16.8 Å². The second kappa shape index (κ2) is 4.90. The van der Waals surface area contributed by atoms with E-state index in [1.54, 1.807) is 17.0 Å². The summed E-state index contributed by atoms with van der Waals surface area (Å²) in [5.74, 6) is 0.850. The number of halogens is 1. The standard InChI is InChI=1S/C13H14ClNO4/c14-10-5-8(6-11-12(10)19-4-3-18-11)13(17)15-2-1-9(16)7-15/h5-6,9,16H,1-4,7H2/t9-/m0/s1. The molecule has 1 atom stereocenters. The van der Waals surface area contributed by atoms with Crippen LogP contribution in [0, 0.1) is 0 Å². The zero-order valence-electron chi connectivity index (χ0n) is 10.3. The third-order valence-electron chi connectivity index (χ3n) is 3.29. The van der Waals surface area contributed by atoms with Crippen molar-refractivity contribution in [3.8, 4) is 11.5 Å². The molecule has 0 radical (unpaired) electrons. The number of likely N-dealkylation sites (tertiary alicyclic amines) is 1. The van der Waals surface area contributed by atoms with Crippen LogP contribution in [0.4, 0.5) is 0 Å². The summed E-state index contributed by atoms with van der Waals surface area (Å²) in [4.78, 5) is 13.9. The first-order valence-corrected chi connectivity index (χ1v) is 6.59. The topological polar surface area (TPSA) is 59.0 Å². The Morgan fingerprint density at radius 2 is 2.16 bits per heavy atom. The molecule has 6 heteroatoms. The van der Waals surface area contributed by atoms with E-state index in [1.807, 2.05) is 0 Å². The molecule has 0 unspecified atom stereocenters. The molecule has 0 spiro atoms. The Kier molecular flexibility index (Phi) is 3.24. The summed E-state index contributed by atoms with van der Waals surface area (Å²) in [6.45, 7) is 1.83. The second-order valence-corrected chi connectivity index (χ2v) is 5.08. The van der Waals surface area contributed by atoms with Crippen LogP contribution in [-0.2, 0) is 0 Å². The van der Waals surface area contributed by atoms with Crippen molar-refractivity contribution in [2.45, 2.75) is 12.5 Å². The van der Waals surface area contributed by atoms with Gasteiger partial charge >= 0.3 is 0 Å². The minimum absolute atomic E-state index is 0.143. The molecule has 102 valence electrons. The van der Waals surface area contributed by atoms with Crippen LogP contribution in [0.25, 0.3) is 0 Å². The third-order valence-corrected chi connectivity index (χ3v) is 3.58. The molecule has 1 fully saturated rings. The quantitative estimate of drug-likeness (QED) is 0.844. The molecule has 0 saturated carbocycles. The Bertz CT molecular complexity index is 520. The predicted molar refractivity (Wildman–Crippen MR) is 69.0 cm³/mol. The molecular formula is C13H14ClNO4. The summed E-state index contributed by atoms with van der Waals surface area (Å²) in [7, 11) is 0. The highest BCUT2D eigenvalue weighted by Crippen LogP contribution is 2.38. The van der Waals surface area contributed by atoms with Crippen molar-refractivity contribution in [1.29, 1.82) is 0 Å². The smallest absolute Gasteiger partial charge is 0.254 e. The fourth-order valence-electron chi connectivity index (χ4n) is 2.34. The molecule has 1 saturated heterocycles. The second-order valence-electron chi connectivity index (χ2n) is 4.68. The maximum absolute atomic E-state index is 12.3. The molecule has 0 aromatic heterocycles. The van der Waals surface area contributed by atoms with Crippen molar-refractivity contribution in [2.75, 3.05) is 26.3 Å². The third kappa shape index (κ3) is 2.35. The van der Waals surface area contributed by atoms with Gasteiger partial charge < -0.3 is 19.5 Å². The van der Waals surface area contributed by atoms with Crippen LogP contribution in [0.15, 0.2) is 12.1 Å². The molecule has 1 aromatic rings. The number of β-amino-alcohol motifs (C(OH)–C–C–N with tert-alkyl or cyclic N) is 1. The fraction of sp³-hybridized carbons (Fsp3) is 0.462. The van der Waals surface area contributed by atoms with Crippen molar-refractivity contribution in [3.63, 3.8) is 0 Å². The van der Waals surface area contributed by atoms with Crippen LogP contribution < -0.4 is 9.47 Å². The van der Waals surface area contributed by atoms with Gasteiger partial charge in [-0.15, -0.1) is 0 Å². The van der Waals surface area contributed by atoms with Gasteiger partial charge in [-0.05, 0) is 18.6 Å². The van der Waals surface area contributed by atoms with Crippen molar-refractivity contribution >= 4 is 17.5 Å². The molecular weight excluding hydrogens is 270 g/mol. The van der Waals surface area contributed by atoms with E-state index in [-0.39, 0.29) is 5.91 Å². The van der Waals surface area contributed by atoms with Crippen LogP contribution in [0.2, 0.25) is 5.02 Å². The highest BCUT2D eigenvalue weighted by molar-refractivity contribution is 6.32. The van der Waals surface area contributed by atoms with Crippen LogP contribution >= 0.6 is 11.6 Å². The van der Waals surface area contributed by atoms with Gasteiger partial charge in [0.1, 0.15) is 13.2 Å². The summed E-state index contributed by atoms with van der Waals surface area (Å²) < 4.78 is 10.9. The molecule has 1 amide bonds. The number of aliphatic hydroxyl groups is 1. The van der Waals surface area contributed by atoms with Crippen molar-refractivity contribution < 1.29 is 19.4 Å². The average molecular weight is 284 g/mol. The molecule has 19 heavy (non-hydrogen) atoms. The van der Waals surface area contributed by atoms with Crippen molar-refractivity contribution in [1.82, 2.24) is 4.90 Å². The number of aliphatic hydroxyl groups excluding tert-OH is 1. The summed E-state index contributed by atoms with van der Waals surface area (Å²) in [6.07, 6.45) is 0.181. The van der Waals surface area contributed by atoms with Crippen LogP contribution in [0.5, 0.6) is 11.5 Å². The summed E-state index contributed by atoms with van der Waals surface area (Å²) in [5.41, 5.74) is 0.461. The highest BCUT2D eigenvalue weighted by atomic mass is 35.5. The van der Waals surface area contributed by atoms with E-state index in [4.69, 9.17) is 21.1 Å². The Morgan fingerprint density at radius 3 is 2.89 bits per heavy atom. The number of hydrogen-bond donors (Lipinski definition) is 1. The number of rotatable bonds is 1. The predicted octanol–water partition coefficient (Wildman–Crippen LogP) is 1.32. The van der Waals surface area contributed by atoms with Gasteiger partial charge in [-0.1, -0.05) is 11.6 Å². The van der Waals surface area contributed by atoms with Gasteiger partial charge in [-0.3, -0.25) is 4.79 Å². The molecule has 3 rings (SSSR count). The van der Waals surface area contributed by atoms with Gasteiger partial charge in [0.05, 0.1) is 11.1 Å². The van der Waals surface area contributed by atoms with E-state index >= 15 is 0 Å². The molecule has 2 heterocycles. The van der Waals surface area contributed by atoms with Gasteiger partial charge in [-0.2, -0.15) is 0 Å². The number of carbonyl (C=O) groups excluding carboxylic acids is 1. The lowest BCUT2D eigenvalue weighted by Gasteiger charge is -2.21. The monoisotopic (exact) mass is 283 g/mol. The summed E-state index contributed by atoms with van der Waals surface area (Å²) in [5, 5.41) is 9.85. The Balaban J connectivity index is 1.88. The zero-order chi connectivity index (χ0) is 13.4. The highest BCUT2D eigenvalue weighted by Gasteiger charge is 2.27. The van der Waals surface area contributed by atoms with Crippen molar-refractivity contribution in [3.05, 3.63) is 22.7 Å². The number of nitrogens with zero attached hydrogens (tertiary/aromatic N) is 1. The maximum atomic E-state index is 12.3. The minimum atomic E-state index is -0.434. The average Bonchev–Trinajstić information content (AvgIpc) is 2.84. The summed E-state index contributed by atoms with van der Waals surface area (Å²) in [6, 6.07) is 3.23. The van der Waals surface area contributed by atoms with E-state index in [0.717, 1.165) is 0 Å². The Hall–Kier alpha value is -1.46. The number of carbonyl (C=O) groups is 1. The maximum Gasteiger partial charge on any atom is 0.254 e. The van der Waals surface area contributed by atoms with Crippen LogP contribution in [0.3, 0.4) is 0 Å². The van der Waals surface area contributed by atoms with Crippen LogP contribution in [-0.4, -0.2) is 48.3 Å². The molecule has 2 aliphatic rings. The largest absolute Gasteiger partial charge is 0.486 e. The molecule has 2 aliphatic heterocycles. The lowest BCUT2D eigenvalue weighted by Crippen LogP contribution is -2.29. The van der Waals surface area contributed by atoms with E-state index < -0.39 is 6.10 Å². The molecule has 0 aliphatic carbocycles. The number of fused-ring (bicyclic) bond motifs is 1. The van der Waals surface area contributed by atoms with Gasteiger partial charge in [-0.25, -0.2) is 0 Å². The number of hydrogen-bond acceptors (Lipinski definition) is 4. The minimum Gasteiger partial charge on any atom is -0.486 e. The van der Waals surface area contributed by atoms with E-state index in [1.165, 1.54) is 0 Å². The fourth-order valence-corrected chi connectivity index (χ4v) is 2.61. The molecule has 5 nitrogen and oxygen atoms in total. The van der Waals surface area contributed by atoms with Gasteiger partial charge in [0.25, 0.3) is 5.91 Å². The first kappa shape index (κ1) is 12.6. The molecule has 0 bridgehead atoms. The van der Waals surface area contributed by atoms with Gasteiger partial charge in [0, 0.05) is 18.7 Å². The number of amides is 1. The first-order chi connectivity index (χ1) is 9.15. The normalized spacial score (nSPS) is 21.6. The Morgan fingerprint density at radius 1 is 1.37 bits per heavy atom. The molecule has 1 aromatic carbocycles. The van der Waals surface area contributed by atoms with Gasteiger partial charge in [0.2, 0.25) is 0 Å². The first-order valence-electron chi connectivity index (χ1n) is 6.21. The lowest BCUT2D eigenvalue weighted by atomic mass is 10.1. The number of benzene rings is 1. The van der Waals surface area contributed by atoms with E-state index in [0.29, 0.717) is 54.8 Å². The van der Waals surface area contributed by atoms with Gasteiger partial charge in [0.15, 0.2) is 11.5 Å². The van der Waals surface area contributed by atoms with E-state index in [9.17, 15) is 9.90 Å². The molecule has 1 N–H and O–H groups in total. The number of ether oxygens (including phenoxy) is 2. The SMILES string of the molecule is O=C(c1cc(Cl)c2c(c1)OCCO2)N1CC[C@H](O)C1. The lowest BCUT2D eigenvalue weighted by molar-refractivity contribution is 0.0764.